The standard InChI is InChI=1S/C11H16N2O7S2/c1-8(20-22(17,18)19)21(15,16)7-6-13-11(14)9-2-4-10(12)5-3-9/h2-5,8H,6-7,12H2,1H3,(H,13,14)(H,17,18,19). The zero-order valence-corrected chi connectivity index (χ0v) is 13.2. The number of hydrogen-bond acceptors (Lipinski definition) is 7. The minimum Gasteiger partial charge on any atom is -0.399 e. The van der Waals surface area contributed by atoms with E-state index in [9.17, 15) is 21.6 Å². The van der Waals surface area contributed by atoms with Crippen molar-refractivity contribution in [3.8, 4) is 0 Å². The van der Waals surface area contributed by atoms with Gasteiger partial charge in [-0.15, -0.1) is 0 Å². The van der Waals surface area contributed by atoms with Crippen molar-refractivity contribution < 1.29 is 30.4 Å². The highest BCUT2D eigenvalue weighted by atomic mass is 32.3. The highest BCUT2D eigenvalue weighted by Gasteiger charge is 2.26. The van der Waals surface area contributed by atoms with E-state index in [0.29, 0.717) is 11.3 Å². The molecule has 1 unspecified atom stereocenters. The van der Waals surface area contributed by atoms with Crippen molar-refractivity contribution in [2.75, 3.05) is 18.0 Å². The molecule has 1 aromatic carbocycles. The molecule has 1 amide bonds. The lowest BCUT2D eigenvalue weighted by Gasteiger charge is -2.12. The third kappa shape index (κ3) is 5.97. The minimum atomic E-state index is -4.87. The summed E-state index contributed by atoms with van der Waals surface area (Å²) < 4.78 is 56.8. The van der Waals surface area contributed by atoms with Crippen LogP contribution in [0, 0.1) is 0 Å². The maximum absolute atomic E-state index is 11.7. The molecule has 0 saturated carbocycles. The van der Waals surface area contributed by atoms with Crippen LogP contribution in [0.2, 0.25) is 0 Å². The van der Waals surface area contributed by atoms with Crippen molar-refractivity contribution in [1.82, 2.24) is 5.32 Å². The molecule has 1 atom stereocenters. The Balaban J connectivity index is 2.55. The van der Waals surface area contributed by atoms with E-state index < -0.39 is 37.3 Å². The van der Waals surface area contributed by atoms with Crippen LogP contribution in [-0.4, -0.2) is 45.0 Å². The molecule has 0 aliphatic rings. The first-order chi connectivity index (χ1) is 10.0. The summed E-state index contributed by atoms with van der Waals surface area (Å²) in [6.45, 7) is 0.718. The monoisotopic (exact) mass is 352 g/mol. The van der Waals surface area contributed by atoms with E-state index in [4.69, 9.17) is 10.3 Å². The van der Waals surface area contributed by atoms with E-state index in [2.05, 4.69) is 9.50 Å². The predicted octanol–water partition coefficient (Wildman–Crippen LogP) is -0.421. The zero-order chi connectivity index (χ0) is 17.0. The third-order valence-corrected chi connectivity index (χ3v) is 5.14. The lowest BCUT2D eigenvalue weighted by molar-refractivity contribution is 0.0956. The molecule has 0 saturated heterocycles. The second-order valence-corrected chi connectivity index (χ2v) is 7.78. The molecule has 4 N–H and O–H groups in total. The Labute approximate surface area is 128 Å². The maximum atomic E-state index is 11.7. The van der Waals surface area contributed by atoms with Gasteiger partial charge in [0.25, 0.3) is 5.91 Å². The van der Waals surface area contributed by atoms with Gasteiger partial charge in [0, 0.05) is 17.8 Å². The van der Waals surface area contributed by atoms with Crippen molar-refractivity contribution in [3.63, 3.8) is 0 Å². The zero-order valence-electron chi connectivity index (χ0n) is 11.6. The molecule has 0 heterocycles. The molecule has 0 radical (unpaired) electrons. The number of anilines is 1. The quantitative estimate of drug-likeness (QED) is 0.442. The molecule has 0 aromatic heterocycles. The lowest BCUT2D eigenvalue weighted by atomic mass is 10.2. The van der Waals surface area contributed by atoms with Gasteiger partial charge in [-0.25, -0.2) is 12.6 Å². The Kier molecular flexibility index (Phi) is 5.88. The molecular weight excluding hydrogens is 336 g/mol. The van der Waals surface area contributed by atoms with E-state index in [1.54, 1.807) is 0 Å². The average molecular weight is 352 g/mol. The molecule has 22 heavy (non-hydrogen) atoms. The minimum absolute atomic E-state index is 0.245. The van der Waals surface area contributed by atoms with E-state index >= 15 is 0 Å². The topological polar surface area (TPSA) is 153 Å². The van der Waals surface area contributed by atoms with Crippen LogP contribution in [0.5, 0.6) is 0 Å². The summed E-state index contributed by atoms with van der Waals surface area (Å²) in [4.78, 5) is 11.7. The van der Waals surface area contributed by atoms with E-state index in [1.807, 2.05) is 0 Å². The Hall–Kier alpha value is -1.69. The van der Waals surface area contributed by atoms with Gasteiger partial charge in [0.05, 0.1) is 5.75 Å². The smallest absolute Gasteiger partial charge is 0.398 e. The van der Waals surface area contributed by atoms with Crippen LogP contribution in [0.25, 0.3) is 0 Å². The van der Waals surface area contributed by atoms with Gasteiger partial charge in [-0.2, -0.15) is 8.42 Å². The van der Waals surface area contributed by atoms with Crippen LogP contribution in [0.1, 0.15) is 17.3 Å². The SMILES string of the molecule is CC(OS(=O)(=O)O)S(=O)(=O)CCNC(=O)c1ccc(N)cc1. The van der Waals surface area contributed by atoms with Gasteiger partial charge >= 0.3 is 10.4 Å². The summed E-state index contributed by atoms with van der Waals surface area (Å²) in [5.41, 5.74) is 4.50. The first-order valence-corrected chi connectivity index (χ1v) is 9.10. The van der Waals surface area contributed by atoms with Gasteiger partial charge in [0.2, 0.25) is 0 Å². The number of nitrogens with one attached hydrogen (secondary N) is 1. The highest BCUT2D eigenvalue weighted by molar-refractivity contribution is 7.92. The highest BCUT2D eigenvalue weighted by Crippen LogP contribution is 2.07. The van der Waals surface area contributed by atoms with Gasteiger partial charge in [-0.05, 0) is 31.2 Å². The van der Waals surface area contributed by atoms with Crippen LogP contribution >= 0.6 is 0 Å². The van der Waals surface area contributed by atoms with E-state index in [1.165, 1.54) is 24.3 Å². The first kappa shape index (κ1) is 18.4. The molecule has 0 aliphatic carbocycles. The number of sulfone groups is 1. The van der Waals surface area contributed by atoms with Crippen molar-refractivity contribution >= 4 is 31.8 Å². The number of carbonyl (C=O) groups excluding carboxylic acids is 1. The second-order valence-electron chi connectivity index (χ2n) is 4.34. The van der Waals surface area contributed by atoms with Crippen molar-refractivity contribution in [2.45, 2.75) is 12.4 Å². The maximum Gasteiger partial charge on any atom is 0.398 e. The summed E-state index contributed by atoms with van der Waals surface area (Å²) in [6, 6.07) is 5.99. The Bertz CT molecular complexity index is 726. The number of rotatable bonds is 7. The van der Waals surface area contributed by atoms with Gasteiger partial charge in [-0.3, -0.25) is 9.35 Å². The van der Waals surface area contributed by atoms with Gasteiger partial charge in [0.1, 0.15) is 0 Å². The molecule has 11 heteroatoms. The Morgan fingerprint density at radius 1 is 1.27 bits per heavy atom. The van der Waals surface area contributed by atoms with E-state index in [-0.39, 0.29) is 6.54 Å². The number of nitrogens with two attached hydrogens (primary N) is 1. The first-order valence-electron chi connectivity index (χ1n) is 6.02. The lowest BCUT2D eigenvalue weighted by Crippen LogP contribution is -2.34. The molecule has 0 fully saturated rings. The number of nitrogen functional groups attached to an aromatic ring is 1. The average Bonchev–Trinajstić information content (AvgIpc) is 2.37. The molecule has 1 aromatic rings. The summed E-state index contributed by atoms with van der Waals surface area (Å²) in [5.74, 6) is -1.05. The Morgan fingerprint density at radius 3 is 2.32 bits per heavy atom. The van der Waals surface area contributed by atoms with Crippen molar-refractivity contribution in [3.05, 3.63) is 29.8 Å². The predicted molar refractivity (Wildman–Crippen MR) is 79.1 cm³/mol. The fourth-order valence-corrected chi connectivity index (χ4v) is 3.28. The Morgan fingerprint density at radius 2 is 1.82 bits per heavy atom. The normalized spacial score (nSPS) is 13.5. The number of hydrogen-bond donors (Lipinski definition) is 3. The van der Waals surface area contributed by atoms with Crippen molar-refractivity contribution in [2.24, 2.45) is 0 Å². The molecule has 9 nitrogen and oxygen atoms in total. The van der Waals surface area contributed by atoms with Gasteiger partial charge in [-0.1, -0.05) is 0 Å². The summed E-state index contributed by atoms with van der Waals surface area (Å²) >= 11 is 0. The van der Waals surface area contributed by atoms with Gasteiger partial charge in [0.15, 0.2) is 15.3 Å². The molecule has 0 aliphatic heterocycles. The van der Waals surface area contributed by atoms with Crippen LogP contribution in [0.3, 0.4) is 0 Å². The van der Waals surface area contributed by atoms with Crippen LogP contribution in [-0.2, 0) is 24.4 Å². The number of benzene rings is 1. The molecular formula is C11H16N2O7S2. The van der Waals surface area contributed by atoms with Crippen LogP contribution in [0.4, 0.5) is 5.69 Å². The van der Waals surface area contributed by atoms with Crippen LogP contribution in [0.15, 0.2) is 24.3 Å². The second kappa shape index (κ2) is 7.05. The summed E-state index contributed by atoms with van der Waals surface area (Å²) in [7, 11) is -8.85. The van der Waals surface area contributed by atoms with Crippen LogP contribution < -0.4 is 11.1 Å². The fourth-order valence-electron chi connectivity index (χ4n) is 1.44. The number of carbonyl (C=O) groups is 1. The van der Waals surface area contributed by atoms with Gasteiger partial charge < -0.3 is 11.1 Å². The van der Waals surface area contributed by atoms with Crippen molar-refractivity contribution in [1.29, 1.82) is 0 Å². The molecule has 124 valence electrons. The third-order valence-electron chi connectivity index (χ3n) is 2.61. The fraction of sp³-hybridized carbons (Fsp3) is 0.364. The molecule has 0 bridgehead atoms. The largest absolute Gasteiger partial charge is 0.399 e. The molecule has 0 spiro atoms. The summed E-state index contributed by atoms with van der Waals surface area (Å²) in [6.07, 6.45) is 0. The molecule has 1 rings (SSSR count). The summed E-state index contributed by atoms with van der Waals surface area (Å²) in [5, 5.41) is 2.37. The van der Waals surface area contributed by atoms with E-state index in [0.717, 1.165) is 6.92 Å². The number of amides is 1.